The monoisotopic (exact) mass is 380 g/mol. The number of rotatable bonds is 2. The van der Waals surface area contributed by atoms with Crippen molar-refractivity contribution < 1.29 is 29.0 Å². The number of fused-ring (bicyclic) bond motifs is 1. The molecule has 0 saturated heterocycles. The lowest BCUT2D eigenvalue weighted by Crippen LogP contribution is -3.00. The lowest BCUT2D eigenvalue weighted by molar-refractivity contribution is -0.466. The van der Waals surface area contributed by atoms with Crippen LogP contribution in [0.2, 0.25) is 0 Å². The standard InChI is InChI=1S/C15H16N4.HI/c1-2-5-14-10-12(6-7-13(14)4-1)11-18-19-15-16-8-3-9-17-15;/h1-2,4-7,10-11H,3,8-9H2,(H2,16,17,19);1H/b18-11+;. The zero-order valence-electron chi connectivity index (χ0n) is 11.1. The maximum atomic E-state index is 4.24. The van der Waals surface area contributed by atoms with Crippen LogP contribution in [0.15, 0.2) is 47.6 Å². The SMILES string of the molecule is C(=N\NC1=[NH+]CCCN1)/c1ccc2ccccc2c1.[I-]. The van der Waals surface area contributed by atoms with E-state index in [0.717, 1.165) is 31.0 Å². The Morgan fingerprint density at radius 1 is 1.15 bits per heavy atom. The van der Waals surface area contributed by atoms with Gasteiger partial charge in [-0.25, -0.2) is 0 Å². The number of benzene rings is 2. The number of hydrazone groups is 1. The quantitative estimate of drug-likeness (QED) is 0.300. The fourth-order valence-electron chi connectivity index (χ4n) is 2.12. The third kappa shape index (κ3) is 3.69. The van der Waals surface area contributed by atoms with E-state index in [1.54, 1.807) is 0 Å². The van der Waals surface area contributed by atoms with E-state index in [-0.39, 0.29) is 24.0 Å². The van der Waals surface area contributed by atoms with Gasteiger partial charge in [-0.15, -0.1) is 5.10 Å². The third-order valence-electron chi connectivity index (χ3n) is 3.12. The third-order valence-corrected chi connectivity index (χ3v) is 3.12. The largest absolute Gasteiger partial charge is 1.00 e. The normalized spacial score (nSPS) is 14.5. The number of guanidine groups is 1. The summed E-state index contributed by atoms with van der Waals surface area (Å²) in [4.78, 5) is 3.22. The van der Waals surface area contributed by atoms with Gasteiger partial charge in [0, 0.05) is 6.42 Å². The zero-order valence-corrected chi connectivity index (χ0v) is 13.2. The fourth-order valence-corrected chi connectivity index (χ4v) is 2.12. The minimum absolute atomic E-state index is 0. The van der Waals surface area contributed by atoms with Crippen molar-refractivity contribution in [1.29, 1.82) is 0 Å². The van der Waals surface area contributed by atoms with Gasteiger partial charge < -0.3 is 24.0 Å². The van der Waals surface area contributed by atoms with Crippen LogP contribution < -0.4 is 39.7 Å². The molecule has 3 rings (SSSR count). The minimum Gasteiger partial charge on any atom is -1.00 e. The highest BCUT2D eigenvalue weighted by molar-refractivity contribution is 5.90. The number of hydrogen-bond acceptors (Lipinski definition) is 3. The van der Waals surface area contributed by atoms with Gasteiger partial charge >= 0.3 is 5.96 Å². The molecular formula is C15H17IN4. The van der Waals surface area contributed by atoms with Crippen LogP contribution in [0, 0.1) is 0 Å². The molecule has 1 heterocycles. The highest BCUT2D eigenvalue weighted by Crippen LogP contribution is 2.14. The summed E-state index contributed by atoms with van der Waals surface area (Å²) in [7, 11) is 0. The number of halogens is 1. The van der Waals surface area contributed by atoms with Crippen molar-refractivity contribution >= 4 is 22.9 Å². The molecule has 1 aliphatic rings. The molecule has 0 unspecified atom stereocenters. The molecule has 0 saturated carbocycles. The molecule has 4 nitrogen and oxygen atoms in total. The molecule has 0 radical (unpaired) electrons. The average molecular weight is 380 g/mol. The van der Waals surface area contributed by atoms with Gasteiger partial charge in [-0.1, -0.05) is 36.4 Å². The van der Waals surface area contributed by atoms with Crippen LogP contribution in [0.1, 0.15) is 12.0 Å². The van der Waals surface area contributed by atoms with E-state index in [9.17, 15) is 0 Å². The van der Waals surface area contributed by atoms with Gasteiger partial charge in [0.05, 0.1) is 19.3 Å². The lowest BCUT2D eigenvalue weighted by Gasteiger charge is -2.06. The molecular weight excluding hydrogens is 363 g/mol. The minimum atomic E-state index is 0. The molecule has 0 spiro atoms. The zero-order chi connectivity index (χ0) is 12.9. The molecule has 0 atom stereocenters. The average Bonchev–Trinajstić information content (AvgIpc) is 2.48. The van der Waals surface area contributed by atoms with Crippen LogP contribution >= 0.6 is 0 Å². The van der Waals surface area contributed by atoms with Crippen LogP contribution in [0.4, 0.5) is 0 Å². The van der Waals surface area contributed by atoms with Crippen molar-refractivity contribution in [3.63, 3.8) is 0 Å². The molecule has 0 aromatic heterocycles. The Bertz CT molecular complexity index is 637. The Hall–Kier alpha value is -1.63. The first kappa shape index (κ1) is 14.8. The maximum absolute atomic E-state index is 4.24. The molecule has 3 N–H and O–H groups in total. The van der Waals surface area contributed by atoms with Gasteiger partial charge in [0.1, 0.15) is 0 Å². The van der Waals surface area contributed by atoms with E-state index in [2.05, 4.69) is 57.2 Å². The summed E-state index contributed by atoms with van der Waals surface area (Å²) in [6.07, 6.45) is 2.97. The summed E-state index contributed by atoms with van der Waals surface area (Å²) in [6, 6.07) is 14.6. The summed E-state index contributed by atoms with van der Waals surface area (Å²) in [5.74, 6) is 0.878. The highest BCUT2D eigenvalue weighted by atomic mass is 127. The fraction of sp³-hybridized carbons (Fsp3) is 0.200. The summed E-state index contributed by atoms with van der Waals surface area (Å²) < 4.78 is 0. The van der Waals surface area contributed by atoms with E-state index in [0.29, 0.717) is 0 Å². The van der Waals surface area contributed by atoms with Crippen molar-refractivity contribution in [2.24, 2.45) is 5.10 Å². The van der Waals surface area contributed by atoms with Crippen LogP contribution in [0.5, 0.6) is 0 Å². The molecule has 1 aliphatic heterocycles. The van der Waals surface area contributed by atoms with E-state index in [1.807, 2.05) is 12.3 Å². The Kier molecular flexibility index (Phi) is 5.34. The van der Waals surface area contributed by atoms with Crippen molar-refractivity contribution in [2.75, 3.05) is 13.1 Å². The first-order chi connectivity index (χ1) is 9.42. The van der Waals surface area contributed by atoms with Gasteiger partial charge in [0.15, 0.2) is 0 Å². The maximum Gasteiger partial charge on any atom is 0.367 e. The smallest absolute Gasteiger partial charge is 0.367 e. The summed E-state index contributed by atoms with van der Waals surface area (Å²) in [5, 5.41) is 9.93. The van der Waals surface area contributed by atoms with Crippen molar-refractivity contribution in [3.05, 3.63) is 48.0 Å². The topological polar surface area (TPSA) is 50.4 Å². The van der Waals surface area contributed by atoms with Crippen molar-refractivity contribution in [3.8, 4) is 0 Å². The van der Waals surface area contributed by atoms with E-state index >= 15 is 0 Å². The van der Waals surface area contributed by atoms with Crippen LogP contribution in [0.25, 0.3) is 10.8 Å². The molecule has 104 valence electrons. The Morgan fingerprint density at radius 3 is 2.80 bits per heavy atom. The van der Waals surface area contributed by atoms with Gasteiger partial charge in [-0.05, 0) is 22.4 Å². The lowest BCUT2D eigenvalue weighted by atomic mass is 10.1. The summed E-state index contributed by atoms with van der Waals surface area (Å²) in [5.41, 5.74) is 4.07. The molecule has 0 fully saturated rings. The van der Waals surface area contributed by atoms with Crippen LogP contribution in [-0.4, -0.2) is 25.3 Å². The van der Waals surface area contributed by atoms with Crippen molar-refractivity contribution in [1.82, 2.24) is 10.7 Å². The van der Waals surface area contributed by atoms with Gasteiger partial charge in [0.2, 0.25) is 0 Å². The van der Waals surface area contributed by atoms with Crippen LogP contribution in [0.3, 0.4) is 0 Å². The summed E-state index contributed by atoms with van der Waals surface area (Å²) >= 11 is 0. The van der Waals surface area contributed by atoms with Crippen molar-refractivity contribution in [2.45, 2.75) is 6.42 Å². The number of nitrogens with zero attached hydrogens (tertiary/aromatic N) is 1. The Labute approximate surface area is 135 Å². The predicted octanol–water partition coefficient (Wildman–Crippen LogP) is -2.80. The number of nitrogens with one attached hydrogen (secondary N) is 3. The van der Waals surface area contributed by atoms with E-state index in [4.69, 9.17) is 0 Å². The molecule has 2 aromatic rings. The molecule has 0 bridgehead atoms. The number of hydrogen-bond donors (Lipinski definition) is 3. The molecule has 0 amide bonds. The molecule has 5 heteroatoms. The van der Waals surface area contributed by atoms with Gasteiger partial charge in [-0.3, -0.25) is 10.3 Å². The second-order valence-corrected chi connectivity index (χ2v) is 4.56. The van der Waals surface area contributed by atoms with E-state index in [1.165, 1.54) is 10.8 Å². The van der Waals surface area contributed by atoms with Crippen LogP contribution in [-0.2, 0) is 0 Å². The Morgan fingerprint density at radius 2 is 2.00 bits per heavy atom. The first-order valence-electron chi connectivity index (χ1n) is 6.54. The summed E-state index contributed by atoms with van der Waals surface area (Å²) in [6.45, 7) is 1.97. The van der Waals surface area contributed by atoms with Gasteiger partial charge in [-0.2, -0.15) is 5.43 Å². The first-order valence-corrected chi connectivity index (χ1v) is 6.54. The molecule has 0 aliphatic carbocycles. The highest BCUT2D eigenvalue weighted by Gasteiger charge is 2.07. The second kappa shape index (κ2) is 7.23. The predicted molar refractivity (Wildman–Crippen MR) is 78.1 cm³/mol. The molecule has 20 heavy (non-hydrogen) atoms. The molecule has 2 aromatic carbocycles. The second-order valence-electron chi connectivity index (χ2n) is 4.56. The van der Waals surface area contributed by atoms with E-state index < -0.39 is 0 Å². The van der Waals surface area contributed by atoms with Gasteiger partial charge in [0.25, 0.3) is 0 Å². The Balaban J connectivity index is 0.00000147.